The number of benzene rings is 1. The van der Waals surface area contributed by atoms with Gasteiger partial charge in [0.05, 0.1) is 17.5 Å². The van der Waals surface area contributed by atoms with Crippen molar-refractivity contribution in [2.45, 2.75) is 25.7 Å². The van der Waals surface area contributed by atoms with Crippen LogP contribution in [0.3, 0.4) is 0 Å². The predicted octanol–water partition coefficient (Wildman–Crippen LogP) is 3.56. The van der Waals surface area contributed by atoms with Gasteiger partial charge >= 0.3 is 5.97 Å². The molecule has 1 aromatic carbocycles. The van der Waals surface area contributed by atoms with Crippen LogP contribution in [0.4, 0.5) is 14.5 Å². The highest BCUT2D eigenvalue weighted by Gasteiger charge is 2.36. The average Bonchev–Trinajstić information content (AvgIpc) is 2.42. The van der Waals surface area contributed by atoms with Gasteiger partial charge in [0.2, 0.25) is 5.91 Å². The summed E-state index contributed by atoms with van der Waals surface area (Å²) in [5.74, 6) is -4.70. The Morgan fingerprint density at radius 1 is 1.19 bits per heavy atom. The summed E-state index contributed by atoms with van der Waals surface area (Å²) in [6.45, 7) is 0. The lowest BCUT2D eigenvalue weighted by Crippen LogP contribution is -2.36. The monoisotopic (exact) mass is 361 g/mol. The first-order valence-electron chi connectivity index (χ1n) is 6.58. The quantitative estimate of drug-likeness (QED) is 0.864. The zero-order valence-corrected chi connectivity index (χ0v) is 12.6. The number of rotatable bonds is 3. The predicted molar refractivity (Wildman–Crippen MR) is 75.8 cm³/mol. The minimum Gasteiger partial charge on any atom is -0.481 e. The van der Waals surface area contributed by atoms with Crippen molar-refractivity contribution in [3.8, 4) is 0 Å². The van der Waals surface area contributed by atoms with Crippen molar-refractivity contribution in [3.05, 3.63) is 28.2 Å². The molecule has 1 aromatic rings. The highest BCUT2D eigenvalue weighted by atomic mass is 79.9. The van der Waals surface area contributed by atoms with Crippen LogP contribution in [0, 0.1) is 23.5 Å². The Morgan fingerprint density at radius 2 is 1.81 bits per heavy atom. The summed E-state index contributed by atoms with van der Waals surface area (Å²) in [5.41, 5.74) is -0.170. The molecule has 2 unspecified atom stereocenters. The van der Waals surface area contributed by atoms with Crippen LogP contribution in [0.25, 0.3) is 0 Å². The summed E-state index contributed by atoms with van der Waals surface area (Å²) in [7, 11) is 0. The second kappa shape index (κ2) is 6.51. The van der Waals surface area contributed by atoms with Gasteiger partial charge in [0.25, 0.3) is 0 Å². The van der Waals surface area contributed by atoms with Crippen molar-refractivity contribution < 1.29 is 23.5 Å². The Hall–Kier alpha value is -1.50. The summed E-state index contributed by atoms with van der Waals surface area (Å²) in [6.07, 6.45) is 2.40. The van der Waals surface area contributed by atoms with E-state index in [0.717, 1.165) is 18.9 Å². The van der Waals surface area contributed by atoms with E-state index in [1.165, 1.54) is 0 Å². The molecule has 0 saturated heterocycles. The van der Waals surface area contributed by atoms with Crippen LogP contribution in [0.5, 0.6) is 0 Å². The normalized spacial score (nSPS) is 21.9. The summed E-state index contributed by atoms with van der Waals surface area (Å²) >= 11 is 2.98. The molecule has 2 atom stereocenters. The topological polar surface area (TPSA) is 66.4 Å². The van der Waals surface area contributed by atoms with E-state index in [4.69, 9.17) is 5.11 Å². The first-order valence-corrected chi connectivity index (χ1v) is 7.37. The second-order valence-electron chi connectivity index (χ2n) is 5.07. The van der Waals surface area contributed by atoms with E-state index in [1.54, 1.807) is 0 Å². The van der Waals surface area contributed by atoms with Crippen LogP contribution in [0.1, 0.15) is 25.7 Å². The van der Waals surface area contributed by atoms with E-state index in [1.807, 2.05) is 0 Å². The molecule has 1 saturated carbocycles. The number of aliphatic carboxylic acids is 1. The molecule has 0 bridgehead atoms. The van der Waals surface area contributed by atoms with E-state index in [-0.39, 0.29) is 10.2 Å². The van der Waals surface area contributed by atoms with E-state index >= 15 is 0 Å². The number of carboxylic acid groups (broad SMARTS) is 1. The molecule has 4 nitrogen and oxygen atoms in total. The van der Waals surface area contributed by atoms with Gasteiger partial charge in [-0.3, -0.25) is 9.59 Å². The van der Waals surface area contributed by atoms with Gasteiger partial charge in [-0.1, -0.05) is 12.8 Å². The molecule has 0 aromatic heterocycles. The van der Waals surface area contributed by atoms with Gasteiger partial charge in [0.15, 0.2) is 5.82 Å². The summed E-state index contributed by atoms with van der Waals surface area (Å²) in [6, 6.07) is 1.70. The molecule has 21 heavy (non-hydrogen) atoms. The van der Waals surface area contributed by atoms with Crippen LogP contribution in [0.15, 0.2) is 16.6 Å². The summed E-state index contributed by atoms with van der Waals surface area (Å²) < 4.78 is 26.8. The highest BCUT2D eigenvalue weighted by molar-refractivity contribution is 9.10. The molecule has 1 fully saturated rings. The maximum atomic E-state index is 13.7. The van der Waals surface area contributed by atoms with E-state index < -0.39 is 35.3 Å². The van der Waals surface area contributed by atoms with Crippen molar-refractivity contribution in [1.29, 1.82) is 0 Å². The first-order chi connectivity index (χ1) is 9.90. The lowest BCUT2D eigenvalue weighted by Gasteiger charge is -2.27. The number of amides is 1. The van der Waals surface area contributed by atoms with E-state index in [0.29, 0.717) is 18.9 Å². The van der Waals surface area contributed by atoms with Gasteiger partial charge in [0, 0.05) is 10.5 Å². The summed E-state index contributed by atoms with van der Waals surface area (Å²) in [4.78, 5) is 23.4. The Bertz CT molecular complexity index is 556. The van der Waals surface area contributed by atoms with Crippen LogP contribution in [-0.2, 0) is 9.59 Å². The minimum atomic E-state index is -1.02. The molecule has 0 spiro atoms. The van der Waals surface area contributed by atoms with Crippen LogP contribution in [0.2, 0.25) is 0 Å². The fraction of sp³-hybridized carbons (Fsp3) is 0.429. The molecular formula is C14H14BrF2NO3. The first kappa shape index (κ1) is 15.9. The fourth-order valence-corrected chi connectivity index (χ4v) is 3.12. The SMILES string of the molecule is O=C(O)C1CCCCC1C(=O)Nc1c(F)cc(F)cc1Br. The van der Waals surface area contributed by atoms with Crippen LogP contribution < -0.4 is 5.32 Å². The fourth-order valence-electron chi connectivity index (χ4n) is 2.62. The Labute approximate surface area is 128 Å². The number of halogens is 3. The zero-order valence-electron chi connectivity index (χ0n) is 11.0. The van der Waals surface area contributed by atoms with Crippen molar-refractivity contribution in [2.24, 2.45) is 11.8 Å². The van der Waals surface area contributed by atoms with Gasteiger partial charge in [-0.25, -0.2) is 8.78 Å². The van der Waals surface area contributed by atoms with E-state index in [9.17, 15) is 18.4 Å². The van der Waals surface area contributed by atoms with Crippen molar-refractivity contribution >= 4 is 33.5 Å². The van der Waals surface area contributed by atoms with Gasteiger partial charge in [-0.2, -0.15) is 0 Å². The molecule has 2 rings (SSSR count). The number of nitrogens with one attached hydrogen (secondary N) is 1. The maximum absolute atomic E-state index is 13.7. The van der Waals surface area contributed by atoms with Crippen LogP contribution >= 0.6 is 15.9 Å². The molecule has 1 amide bonds. The van der Waals surface area contributed by atoms with Gasteiger partial charge in [-0.05, 0) is 34.8 Å². The van der Waals surface area contributed by atoms with Gasteiger partial charge in [-0.15, -0.1) is 0 Å². The van der Waals surface area contributed by atoms with Crippen molar-refractivity contribution in [3.63, 3.8) is 0 Å². The number of carboxylic acids is 1. The Balaban J connectivity index is 2.19. The molecule has 0 aliphatic heterocycles. The Kier molecular flexibility index (Phi) is 4.92. The molecule has 0 radical (unpaired) electrons. The molecule has 0 heterocycles. The average molecular weight is 362 g/mol. The highest BCUT2D eigenvalue weighted by Crippen LogP contribution is 2.33. The lowest BCUT2D eigenvalue weighted by atomic mass is 9.78. The molecule has 114 valence electrons. The summed E-state index contributed by atoms with van der Waals surface area (Å²) in [5, 5.41) is 11.5. The molecular weight excluding hydrogens is 348 g/mol. The number of hydrogen-bond donors (Lipinski definition) is 2. The largest absolute Gasteiger partial charge is 0.481 e. The molecule has 1 aliphatic rings. The van der Waals surface area contributed by atoms with Crippen molar-refractivity contribution in [2.75, 3.05) is 5.32 Å². The second-order valence-corrected chi connectivity index (χ2v) is 5.92. The van der Waals surface area contributed by atoms with Gasteiger partial charge in [0.1, 0.15) is 5.82 Å². The molecule has 7 heteroatoms. The molecule has 2 N–H and O–H groups in total. The standard InChI is InChI=1S/C14H14BrF2NO3/c15-10-5-7(16)6-11(17)12(10)18-13(19)8-3-1-2-4-9(8)14(20)21/h5-6,8-9H,1-4H2,(H,18,19)(H,20,21). The zero-order chi connectivity index (χ0) is 15.6. The van der Waals surface area contributed by atoms with Gasteiger partial charge < -0.3 is 10.4 Å². The number of anilines is 1. The minimum absolute atomic E-state index is 0.0797. The number of hydrogen-bond acceptors (Lipinski definition) is 2. The molecule has 1 aliphatic carbocycles. The number of carbonyl (C=O) groups is 2. The maximum Gasteiger partial charge on any atom is 0.307 e. The van der Waals surface area contributed by atoms with E-state index in [2.05, 4.69) is 21.2 Å². The number of carbonyl (C=O) groups excluding carboxylic acids is 1. The third-order valence-electron chi connectivity index (χ3n) is 3.68. The van der Waals surface area contributed by atoms with Crippen molar-refractivity contribution in [1.82, 2.24) is 0 Å². The smallest absolute Gasteiger partial charge is 0.307 e. The van der Waals surface area contributed by atoms with Crippen LogP contribution in [-0.4, -0.2) is 17.0 Å². The third-order valence-corrected chi connectivity index (χ3v) is 4.30. The third kappa shape index (κ3) is 3.58. The Morgan fingerprint density at radius 3 is 2.38 bits per heavy atom. The lowest BCUT2D eigenvalue weighted by molar-refractivity contribution is -0.147.